The topological polar surface area (TPSA) is 48.7 Å². The molecule has 0 aliphatic carbocycles. The van der Waals surface area contributed by atoms with E-state index in [0.717, 1.165) is 6.42 Å². The van der Waals surface area contributed by atoms with Crippen LogP contribution in [0.5, 0.6) is 0 Å². The molecule has 3 nitrogen and oxygen atoms in total. The number of hydrogen-bond donors (Lipinski definition) is 1. The Hall–Kier alpha value is -2.05. The zero-order chi connectivity index (χ0) is 13.7. The van der Waals surface area contributed by atoms with Crippen molar-refractivity contribution in [1.82, 2.24) is 4.98 Å². The van der Waals surface area contributed by atoms with Gasteiger partial charge in [-0.25, -0.2) is 4.98 Å². The summed E-state index contributed by atoms with van der Waals surface area (Å²) in [6.45, 7) is 2.09. The van der Waals surface area contributed by atoms with Crippen LogP contribution in [0.15, 0.2) is 42.6 Å². The molecule has 2 aromatic rings. The normalized spacial score (nSPS) is 11.6. The lowest BCUT2D eigenvalue weighted by Gasteiger charge is -2.19. The van der Waals surface area contributed by atoms with E-state index in [1.54, 1.807) is 12.3 Å². The minimum absolute atomic E-state index is 0.125. The zero-order valence-electron chi connectivity index (χ0n) is 10.6. The maximum absolute atomic E-state index is 8.96. The summed E-state index contributed by atoms with van der Waals surface area (Å²) in [4.78, 5) is 4.21. The maximum Gasteiger partial charge on any atom is 0.146 e. The highest BCUT2D eigenvalue weighted by atomic mass is 35.5. The maximum atomic E-state index is 8.96. The summed E-state index contributed by atoms with van der Waals surface area (Å²) < 4.78 is 0. The molecule has 1 aromatic heterocycles. The minimum Gasteiger partial charge on any atom is -0.362 e. The highest BCUT2D eigenvalue weighted by Gasteiger charge is 2.13. The molecule has 4 heteroatoms. The van der Waals surface area contributed by atoms with Crippen LogP contribution in [0.1, 0.15) is 30.5 Å². The van der Waals surface area contributed by atoms with E-state index >= 15 is 0 Å². The van der Waals surface area contributed by atoms with Crippen LogP contribution >= 0.6 is 11.6 Å². The number of nitrogens with one attached hydrogen (secondary N) is 1. The first kappa shape index (κ1) is 13.4. The number of nitrogens with zero attached hydrogens (tertiary/aromatic N) is 2. The van der Waals surface area contributed by atoms with Crippen molar-refractivity contribution in [3.8, 4) is 6.07 Å². The molecular formula is C15H14ClN3. The van der Waals surface area contributed by atoms with E-state index in [9.17, 15) is 0 Å². The zero-order valence-corrected chi connectivity index (χ0v) is 11.4. The average Bonchev–Trinajstić information content (AvgIpc) is 2.47. The van der Waals surface area contributed by atoms with Gasteiger partial charge in [-0.1, -0.05) is 48.9 Å². The van der Waals surface area contributed by atoms with Gasteiger partial charge in [-0.15, -0.1) is 0 Å². The van der Waals surface area contributed by atoms with Crippen molar-refractivity contribution >= 4 is 17.4 Å². The van der Waals surface area contributed by atoms with Crippen LogP contribution in [0.3, 0.4) is 0 Å². The van der Waals surface area contributed by atoms with Crippen LogP contribution < -0.4 is 5.32 Å². The molecule has 0 aliphatic rings. The third kappa shape index (κ3) is 3.04. The minimum atomic E-state index is 0.125. The number of hydrogen-bond acceptors (Lipinski definition) is 3. The molecule has 0 bridgehead atoms. The van der Waals surface area contributed by atoms with Gasteiger partial charge in [0.2, 0.25) is 0 Å². The van der Waals surface area contributed by atoms with Gasteiger partial charge < -0.3 is 5.32 Å². The van der Waals surface area contributed by atoms with E-state index in [0.29, 0.717) is 16.4 Å². The number of anilines is 1. The standard InChI is InChI=1S/C15H14ClN3/c1-2-13(11-6-4-3-5-7-11)19-15-14(16)12(10-17)8-9-18-15/h3-9,13H,2H2,1H3,(H,18,19). The van der Waals surface area contributed by atoms with E-state index in [2.05, 4.69) is 35.4 Å². The fraction of sp³-hybridized carbons (Fsp3) is 0.200. The summed E-state index contributed by atoms with van der Waals surface area (Å²) in [6, 6.07) is 13.9. The molecule has 1 N–H and O–H groups in total. The first-order valence-electron chi connectivity index (χ1n) is 6.12. The van der Waals surface area contributed by atoms with Gasteiger partial charge in [-0.3, -0.25) is 0 Å². The van der Waals surface area contributed by atoms with Crippen molar-refractivity contribution in [2.75, 3.05) is 5.32 Å². The van der Waals surface area contributed by atoms with Crippen molar-refractivity contribution in [1.29, 1.82) is 5.26 Å². The van der Waals surface area contributed by atoms with Crippen LogP contribution in [0, 0.1) is 11.3 Å². The molecule has 2 rings (SSSR count). The molecular weight excluding hydrogens is 258 g/mol. The molecule has 1 atom stereocenters. The monoisotopic (exact) mass is 271 g/mol. The summed E-state index contributed by atoms with van der Waals surface area (Å²) in [5.41, 5.74) is 1.60. The predicted octanol–water partition coefficient (Wildman–Crippen LogP) is 4.17. The second-order valence-electron chi connectivity index (χ2n) is 4.15. The quantitative estimate of drug-likeness (QED) is 0.908. The Labute approximate surface area is 117 Å². The third-order valence-corrected chi connectivity index (χ3v) is 3.31. The van der Waals surface area contributed by atoms with Crippen molar-refractivity contribution in [2.45, 2.75) is 19.4 Å². The van der Waals surface area contributed by atoms with Crippen molar-refractivity contribution in [3.63, 3.8) is 0 Å². The SMILES string of the molecule is CCC(Nc1nccc(C#N)c1Cl)c1ccccc1. The smallest absolute Gasteiger partial charge is 0.146 e. The molecule has 0 saturated heterocycles. The van der Waals surface area contributed by atoms with E-state index in [4.69, 9.17) is 16.9 Å². The van der Waals surface area contributed by atoms with Gasteiger partial charge in [0, 0.05) is 6.20 Å². The Morgan fingerprint density at radius 3 is 2.68 bits per heavy atom. The number of aromatic nitrogens is 1. The number of nitriles is 1. The van der Waals surface area contributed by atoms with Gasteiger partial charge >= 0.3 is 0 Å². The average molecular weight is 272 g/mol. The summed E-state index contributed by atoms with van der Waals surface area (Å²) >= 11 is 6.15. The molecule has 0 spiro atoms. The Kier molecular flexibility index (Phi) is 4.38. The lowest BCUT2D eigenvalue weighted by Crippen LogP contribution is -2.11. The highest BCUT2D eigenvalue weighted by Crippen LogP contribution is 2.28. The lowest BCUT2D eigenvalue weighted by molar-refractivity contribution is 0.744. The molecule has 0 radical (unpaired) electrons. The first-order chi connectivity index (χ1) is 9.26. The number of pyridine rings is 1. The largest absolute Gasteiger partial charge is 0.362 e. The highest BCUT2D eigenvalue weighted by molar-refractivity contribution is 6.34. The molecule has 1 aromatic carbocycles. The molecule has 19 heavy (non-hydrogen) atoms. The summed E-state index contributed by atoms with van der Waals surface area (Å²) in [5.74, 6) is 0.552. The Morgan fingerprint density at radius 1 is 1.32 bits per heavy atom. The summed E-state index contributed by atoms with van der Waals surface area (Å²) in [7, 11) is 0. The van der Waals surface area contributed by atoms with E-state index < -0.39 is 0 Å². The molecule has 0 saturated carbocycles. The molecule has 0 fully saturated rings. The predicted molar refractivity (Wildman–Crippen MR) is 77.1 cm³/mol. The fourth-order valence-electron chi connectivity index (χ4n) is 1.90. The number of rotatable bonds is 4. The van der Waals surface area contributed by atoms with Gasteiger partial charge in [0.15, 0.2) is 0 Å². The van der Waals surface area contributed by atoms with E-state index in [1.807, 2.05) is 18.2 Å². The molecule has 1 unspecified atom stereocenters. The Balaban J connectivity index is 2.27. The van der Waals surface area contributed by atoms with Crippen LogP contribution in [0.25, 0.3) is 0 Å². The van der Waals surface area contributed by atoms with Crippen molar-refractivity contribution < 1.29 is 0 Å². The number of benzene rings is 1. The van der Waals surface area contributed by atoms with E-state index in [1.165, 1.54) is 5.56 Å². The van der Waals surface area contributed by atoms with Gasteiger partial charge in [0.1, 0.15) is 16.9 Å². The Bertz CT molecular complexity index is 590. The van der Waals surface area contributed by atoms with E-state index in [-0.39, 0.29) is 6.04 Å². The van der Waals surface area contributed by atoms with Crippen LogP contribution in [0.4, 0.5) is 5.82 Å². The number of halogens is 1. The summed E-state index contributed by atoms with van der Waals surface area (Å²) in [5, 5.41) is 12.6. The Morgan fingerprint density at radius 2 is 2.05 bits per heavy atom. The molecule has 1 heterocycles. The third-order valence-electron chi connectivity index (χ3n) is 2.93. The van der Waals surface area contributed by atoms with Gasteiger partial charge in [-0.2, -0.15) is 5.26 Å². The van der Waals surface area contributed by atoms with Crippen LogP contribution in [-0.4, -0.2) is 4.98 Å². The second-order valence-corrected chi connectivity index (χ2v) is 4.53. The molecule has 96 valence electrons. The lowest BCUT2D eigenvalue weighted by atomic mass is 10.0. The van der Waals surface area contributed by atoms with Gasteiger partial charge in [-0.05, 0) is 18.1 Å². The first-order valence-corrected chi connectivity index (χ1v) is 6.50. The van der Waals surface area contributed by atoms with Crippen molar-refractivity contribution in [3.05, 3.63) is 58.7 Å². The van der Waals surface area contributed by atoms with Crippen LogP contribution in [-0.2, 0) is 0 Å². The fourth-order valence-corrected chi connectivity index (χ4v) is 2.11. The molecule has 0 amide bonds. The molecule has 0 aliphatic heterocycles. The van der Waals surface area contributed by atoms with Gasteiger partial charge in [0.05, 0.1) is 11.6 Å². The van der Waals surface area contributed by atoms with Gasteiger partial charge in [0.25, 0.3) is 0 Å². The second kappa shape index (κ2) is 6.21. The summed E-state index contributed by atoms with van der Waals surface area (Å²) in [6.07, 6.45) is 2.49. The van der Waals surface area contributed by atoms with Crippen molar-refractivity contribution in [2.24, 2.45) is 0 Å². The van der Waals surface area contributed by atoms with Crippen LogP contribution in [0.2, 0.25) is 5.02 Å².